The Morgan fingerprint density at radius 1 is 1.46 bits per heavy atom. The van der Waals surface area contributed by atoms with Crippen LogP contribution in [0.2, 0.25) is 0 Å². The molecule has 0 bridgehead atoms. The Morgan fingerprint density at radius 2 is 2.17 bits per heavy atom. The van der Waals surface area contributed by atoms with Crippen molar-refractivity contribution in [3.63, 3.8) is 0 Å². The van der Waals surface area contributed by atoms with Gasteiger partial charge >= 0.3 is 5.69 Å². The van der Waals surface area contributed by atoms with Crippen molar-refractivity contribution in [2.24, 2.45) is 5.92 Å². The van der Waals surface area contributed by atoms with E-state index in [9.17, 15) is 14.9 Å². The zero-order chi connectivity index (χ0) is 17.9. The SMILES string of the molecule is COc1cccc(NC(=O)C(C)Cn2nc(C)c([N+](=O)[O-])c2C)c1. The van der Waals surface area contributed by atoms with Gasteiger partial charge in [0.1, 0.15) is 17.1 Å². The van der Waals surface area contributed by atoms with Crippen molar-refractivity contribution in [2.75, 3.05) is 12.4 Å². The number of amides is 1. The predicted molar refractivity (Wildman–Crippen MR) is 89.1 cm³/mol. The molecular formula is C16H20N4O4. The van der Waals surface area contributed by atoms with Crippen LogP contribution in [0.1, 0.15) is 18.3 Å². The van der Waals surface area contributed by atoms with Crippen LogP contribution in [0.4, 0.5) is 11.4 Å². The first kappa shape index (κ1) is 17.5. The van der Waals surface area contributed by atoms with Crippen LogP contribution in [0, 0.1) is 29.9 Å². The number of anilines is 1. The molecule has 2 rings (SSSR count). The molecule has 0 aliphatic heterocycles. The summed E-state index contributed by atoms with van der Waals surface area (Å²) in [4.78, 5) is 22.9. The minimum absolute atomic E-state index is 0.00426. The Kier molecular flexibility index (Phi) is 5.18. The van der Waals surface area contributed by atoms with Gasteiger partial charge in [0, 0.05) is 11.8 Å². The normalized spacial score (nSPS) is 11.8. The minimum Gasteiger partial charge on any atom is -0.497 e. The highest BCUT2D eigenvalue weighted by Crippen LogP contribution is 2.23. The molecule has 1 unspecified atom stereocenters. The molecule has 0 saturated carbocycles. The van der Waals surface area contributed by atoms with Gasteiger partial charge in [-0.15, -0.1) is 0 Å². The number of aryl methyl sites for hydroxylation is 1. The van der Waals surface area contributed by atoms with Gasteiger partial charge in [0.25, 0.3) is 0 Å². The molecule has 1 amide bonds. The molecule has 1 aromatic heterocycles. The van der Waals surface area contributed by atoms with E-state index in [-0.39, 0.29) is 18.1 Å². The van der Waals surface area contributed by atoms with E-state index >= 15 is 0 Å². The zero-order valence-corrected chi connectivity index (χ0v) is 14.1. The molecule has 0 aliphatic carbocycles. The summed E-state index contributed by atoms with van der Waals surface area (Å²) in [5, 5.41) is 18.0. The molecule has 1 N–H and O–H groups in total. The predicted octanol–water partition coefficient (Wildman–Crippen LogP) is 2.69. The van der Waals surface area contributed by atoms with Crippen molar-refractivity contribution in [2.45, 2.75) is 27.3 Å². The average molecular weight is 332 g/mol. The standard InChI is InChI=1S/C16H20N4O4/c1-10(9-19-12(3)15(20(22)23)11(2)18-19)16(21)17-13-6-5-7-14(8-13)24-4/h5-8,10H,9H2,1-4H3,(H,17,21). The quantitative estimate of drug-likeness (QED) is 0.647. The van der Waals surface area contributed by atoms with Gasteiger partial charge in [-0.05, 0) is 26.0 Å². The van der Waals surface area contributed by atoms with Crippen molar-refractivity contribution in [1.82, 2.24) is 9.78 Å². The van der Waals surface area contributed by atoms with E-state index in [1.165, 1.54) is 4.68 Å². The Labute approximate surface area is 139 Å². The van der Waals surface area contributed by atoms with Crippen LogP contribution in [0.25, 0.3) is 0 Å². The van der Waals surface area contributed by atoms with Crippen LogP contribution < -0.4 is 10.1 Å². The highest BCUT2D eigenvalue weighted by atomic mass is 16.6. The summed E-state index contributed by atoms with van der Waals surface area (Å²) in [6, 6.07) is 7.05. The Morgan fingerprint density at radius 3 is 2.75 bits per heavy atom. The number of benzene rings is 1. The van der Waals surface area contributed by atoms with E-state index in [1.54, 1.807) is 52.1 Å². The van der Waals surface area contributed by atoms with Crippen LogP contribution in [0.3, 0.4) is 0 Å². The first-order chi connectivity index (χ1) is 11.3. The molecule has 8 heteroatoms. The maximum absolute atomic E-state index is 12.3. The third kappa shape index (κ3) is 3.70. The number of carbonyl (C=O) groups is 1. The average Bonchev–Trinajstić information content (AvgIpc) is 2.81. The fraction of sp³-hybridized carbons (Fsp3) is 0.375. The molecule has 0 fully saturated rings. The first-order valence-corrected chi connectivity index (χ1v) is 7.46. The van der Waals surface area contributed by atoms with Crippen molar-refractivity contribution in [3.8, 4) is 5.75 Å². The molecule has 1 aromatic carbocycles. The summed E-state index contributed by atoms with van der Waals surface area (Å²) in [6.45, 7) is 5.22. The summed E-state index contributed by atoms with van der Waals surface area (Å²) >= 11 is 0. The molecule has 0 saturated heterocycles. The first-order valence-electron chi connectivity index (χ1n) is 7.46. The molecule has 1 atom stereocenters. The molecule has 0 spiro atoms. The number of ether oxygens (including phenoxy) is 1. The van der Waals surface area contributed by atoms with E-state index in [0.29, 0.717) is 22.8 Å². The Bertz CT molecular complexity index is 769. The van der Waals surface area contributed by atoms with E-state index in [4.69, 9.17) is 4.74 Å². The molecule has 128 valence electrons. The van der Waals surface area contributed by atoms with E-state index < -0.39 is 10.8 Å². The van der Waals surface area contributed by atoms with Crippen molar-refractivity contribution >= 4 is 17.3 Å². The van der Waals surface area contributed by atoms with Gasteiger partial charge < -0.3 is 10.1 Å². The number of nitrogens with zero attached hydrogens (tertiary/aromatic N) is 3. The second kappa shape index (κ2) is 7.12. The fourth-order valence-corrected chi connectivity index (χ4v) is 2.44. The van der Waals surface area contributed by atoms with Gasteiger partial charge in [-0.3, -0.25) is 19.6 Å². The molecule has 1 heterocycles. The third-order valence-electron chi connectivity index (χ3n) is 3.76. The highest BCUT2D eigenvalue weighted by Gasteiger charge is 2.24. The minimum atomic E-state index is -0.449. The van der Waals surface area contributed by atoms with Gasteiger partial charge in [-0.1, -0.05) is 13.0 Å². The van der Waals surface area contributed by atoms with Gasteiger partial charge in [-0.25, -0.2) is 0 Å². The van der Waals surface area contributed by atoms with E-state index in [1.807, 2.05) is 0 Å². The second-order valence-corrected chi connectivity index (χ2v) is 5.58. The number of rotatable bonds is 6. The molecule has 8 nitrogen and oxygen atoms in total. The second-order valence-electron chi connectivity index (χ2n) is 5.58. The van der Waals surface area contributed by atoms with Crippen LogP contribution in [0.15, 0.2) is 24.3 Å². The van der Waals surface area contributed by atoms with E-state index in [0.717, 1.165) is 0 Å². The number of aromatic nitrogens is 2. The maximum atomic E-state index is 12.3. The van der Waals surface area contributed by atoms with Crippen LogP contribution in [-0.4, -0.2) is 27.7 Å². The summed E-state index contributed by atoms with van der Waals surface area (Å²) in [5.41, 5.74) is 1.41. The van der Waals surface area contributed by atoms with E-state index in [2.05, 4.69) is 10.4 Å². The Hall–Kier alpha value is -2.90. The van der Waals surface area contributed by atoms with Gasteiger partial charge in [-0.2, -0.15) is 5.10 Å². The number of hydrogen-bond acceptors (Lipinski definition) is 5. The van der Waals surface area contributed by atoms with Crippen molar-refractivity contribution < 1.29 is 14.5 Å². The third-order valence-corrected chi connectivity index (χ3v) is 3.76. The van der Waals surface area contributed by atoms with Crippen LogP contribution in [-0.2, 0) is 11.3 Å². The summed E-state index contributed by atoms with van der Waals surface area (Å²) in [5.74, 6) is 0.0434. The molecule has 0 aliphatic rings. The molecule has 2 aromatic rings. The fourth-order valence-electron chi connectivity index (χ4n) is 2.44. The van der Waals surface area contributed by atoms with Gasteiger partial charge in [0.05, 0.1) is 24.5 Å². The Balaban J connectivity index is 2.09. The lowest BCUT2D eigenvalue weighted by molar-refractivity contribution is -0.386. The van der Waals surface area contributed by atoms with Gasteiger partial charge in [0.2, 0.25) is 5.91 Å². The topological polar surface area (TPSA) is 99.3 Å². The maximum Gasteiger partial charge on any atom is 0.312 e. The number of nitro groups is 1. The number of nitrogens with one attached hydrogen (secondary N) is 1. The highest BCUT2D eigenvalue weighted by molar-refractivity contribution is 5.92. The molecule has 0 radical (unpaired) electrons. The van der Waals surface area contributed by atoms with Gasteiger partial charge in [0.15, 0.2) is 0 Å². The molecule has 24 heavy (non-hydrogen) atoms. The number of hydrogen-bond donors (Lipinski definition) is 1. The monoisotopic (exact) mass is 332 g/mol. The summed E-state index contributed by atoms with van der Waals surface area (Å²) in [6.07, 6.45) is 0. The summed E-state index contributed by atoms with van der Waals surface area (Å²) in [7, 11) is 1.55. The lowest BCUT2D eigenvalue weighted by Crippen LogP contribution is -2.25. The lowest BCUT2D eigenvalue weighted by atomic mass is 10.1. The summed E-state index contributed by atoms with van der Waals surface area (Å²) < 4.78 is 6.62. The lowest BCUT2D eigenvalue weighted by Gasteiger charge is -2.13. The largest absolute Gasteiger partial charge is 0.497 e. The van der Waals surface area contributed by atoms with Crippen LogP contribution >= 0.6 is 0 Å². The number of methoxy groups -OCH3 is 1. The molecular weight excluding hydrogens is 312 g/mol. The smallest absolute Gasteiger partial charge is 0.312 e. The van der Waals surface area contributed by atoms with Crippen molar-refractivity contribution in [3.05, 3.63) is 45.8 Å². The number of carbonyl (C=O) groups excluding carboxylic acids is 1. The zero-order valence-electron chi connectivity index (χ0n) is 14.1. The van der Waals surface area contributed by atoms with Crippen molar-refractivity contribution in [1.29, 1.82) is 0 Å². The van der Waals surface area contributed by atoms with Crippen LogP contribution in [0.5, 0.6) is 5.75 Å².